The van der Waals surface area contributed by atoms with Gasteiger partial charge in [-0.15, -0.1) is 0 Å². The lowest BCUT2D eigenvalue weighted by molar-refractivity contribution is -0.139. The molecule has 0 aliphatic carbocycles. The quantitative estimate of drug-likeness (QED) is 0.514. The number of nitrogens with one attached hydrogen (secondary N) is 1. The van der Waals surface area contributed by atoms with Gasteiger partial charge in [0.2, 0.25) is 21.8 Å². The monoisotopic (exact) mass is 525 g/mol. The number of halogens is 1. The molecule has 0 saturated carbocycles. The van der Waals surface area contributed by atoms with Crippen LogP contribution in [0.1, 0.15) is 19.4 Å². The van der Waals surface area contributed by atoms with Crippen LogP contribution in [0.3, 0.4) is 0 Å². The largest absolute Gasteiger partial charge is 0.497 e. The first-order valence-electron chi connectivity index (χ1n) is 10.00. The molecule has 0 aliphatic heterocycles. The Balaban J connectivity index is 2.39. The number of methoxy groups -OCH3 is 1. The van der Waals surface area contributed by atoms with Crippen LogP contribution < -0.4 is 14.4 Å². The third kappa shape index (κ3) is 6.96. The fourth-order valence-corrected chi connectivity index (χ4v) is 4.35. The molecule has 0 fully saturated rings. The van der Waals surface area contributed by atoms with Crippen molar-refractivity contribution in [3.63, 3.8) is 0 Å². The molecular formula is C22H28BrN3O5S. The molecule has 1 unspecified atom stereocenters. The van der Waals surface area contributed by atoms with Gasteiger partial charge in [0.1, 0.15) is 18.3 Å². The summed E-state index contributed by atoms with van der Waals surface area (Å²) < 4.78 is 31.9. The maximum absolute atomic E-state index is 13.4. The Bertz CT molecular complexity index is 1060. The molecule has 0 spiro atoms. The molecular weight excluding hydrogens is 498 g/mol. The van der Waals surface area contributed by atoms with Gasteiger partial charge in [-0.1, -0.05) is 34.1 Å². The molecule has 0 radical (unpaired) electrons. The average Bonchev–Trinajstić information content (AvgIpc) is 2.74. The number of hydrogen-bond donors (Lipinski definition) is 1. The predicted octanol–water partition coefficient (Wildman–Crippen LogP) is 2.78. The van der Waals surface area contributed by atoms with Gasteiger partial charge in [-0.2, -0.15) is 0 Å². The molecule has 2 aromatic carbocycles. The molecule has 2 aromatic rings. The molecule has 0 aromatic heterocycles. The van der Waals surface area contributed by atoms with E-state index in [1.165, 1.54) is 4.90 Å². The normalized spacial score (nSPS) is 12.0. The van der Waals surface area contributed by atoms with Crippen molar-refractivity contribution < 1.29 is 22.7 Å². The lowest BCUT2D eigenvalue weighted by Crippen LogP contribution is -2.51. The van der Waals surface area contributed by atoms with Crippen LogP contribution in [-0.2, 0) is 26.2 Å². The Morgan fingerprint density at radius 3 is 2.44 bits per heavy atom. The van der Waals surface area contributed by atoms with E-state index in [0.717, 1.165) is 16.1 Å². The molecule has 10 heteroatoms. The highest BCUT2D eigenvalue weighted by atomic mass is 79.9. The van der Waals surface area contributed by atoms with Gasteiger partial charge < -0.3 is 15.0 Å². The maximum atomic E-state index is 13.4. The highest BCUT2D eigenvalue weighted by molar-refractivity contribution is 9.10. The zero-order valence-electron chi connectivity index (χ0n) is 18.5. The van der Waals surface area contributed by atoms with Crippen molar-refractivity contribution >= 4 is 43.5 Å². The second kappa shape index (κ2) is 11.3. The zero-order valence-corrected chi connectivity index (χ0v) is 20.9. The first kappa shape index (κ1) is 25.7. The molecule has 174 valence electrons. The van der Waals surface area contributed by atoms with Crippen molar-refractivity contribution in [1.82, 2.24) is 10.2 Å². The lowest BCUT2D eigenvalue weighted by atomic mass is 10.1. The number of carbonyl (C=O) groups excluding carboxylic acids is 2. The minimum Gasteiger partial charge on any atom is -0.497 e. The smallest absolute Gasteiger partial charge is 0.244 e. The van der Waals surface area contributed by atoms with E-state index in [-0.39, 0.29) is 12.5 Å². The molecule has 1 atom stereocenters. The Morgan fingerprint density at radius 1 is 1.16 bits per heavy atom. The van der Waals surface area contributed by atoms with Crippen molar-refractivity contribution in [3.05, 3.63) is 58.6 Å². The van der Waals surface area contributed by atoms with E-state index in [1.54, 1.807) is 63.4 Å². The average molecular weight is 526 g/mol. The van der Waals surface area contributed by atoms with Crippen LogP contribution in [-0.4, -0.2) is 57.6 Å². The minimum absolute atomic E-state index is 0.115. The van der Waals surface area contributed by atoms with Gasteiger partial charge >= 0.3 is 0 Å². The minimum atomic E-state index is -3.76. The fraction of sp³-hybridized carbons (Fsp3) is 0.364. The molecule has 2 rings (SSSR count). The summed E-state index contributed by atoms with van der Waals surface area (Å²) in [6.07, 6.45) is 1.04. The number of nitrogens with zero attached hydrogens (tertiary/aromatic N) is 2. The summed E-state index contributed by atoms with van der Waals surface area (Å²) in [5.41, 5.74) is 1.10. The van der Waals surface area contributed by atoms with E-state index in [9.17, 15) is 18.0 Å². The summed E-state index contributed by atoms with van der Waals surface area (Å²) in [7, 11) is -2.22. The summed E-state index contributed by atoms with van der Waals surface area (Å²) in [5.74, 6) is -0.207. The lowest BCUT2D eigenvalue weighted by Gasteiger charge is -2.31. The number of likely N-dealkylation sites (N-methyl/N-ethyl adjacent to an activating group) is 1. The molecule has 8 nitrogen and oxygen atoms in total. The van der Waals surface area contributed by atoms with Crippen molar-refractivity contribution in [3.8, 4) is 5.75 Å². The first-order valence-corrected chi connectivity index (χ1v) is 12.6. The number of anilines is 1. The van der Waals surface area contributed by atoms with Gasteiger partial charge in [-0.3, -0.25) is 13.9 Å². The number of carbonyl (C=O) groups is 2. The SMILES string of the molecule is CCNC(=O)C(C)N(Cc1cccc(OC)c1)C(=O)CN(c1cccc(Br)c1)S(C)(=O)=O. The van der Waals surface area contributed by atoms with Crippen molar-refractivity contribution in [2.45, 2.75) is 26.4 Å². The Hall–Kier alpha value is -2.59. The van der Waals surface area contributed by atoms with Crippen LogP contribution in [0, 0.1) is 0 Å². The van der Waals surface area contributed by atoms with Crippen LogP contribution in [0.25, 0.3) is 0 Å². The van der Waals surface area contributed by atoms with Gasteiger partial charge in [0.15, 0.2) is 0 Å². The molecule has 1 N–H and O–H groups in total. The predicted molar refractivity (Wildman–Crippen MR) is 128 cm³/mol. The van der Waals surface area contributed by atoms with Crippen molar-refractivity contribution in [2.75, 3.05) is 30.8 Å². The second-order valence-corrected chi connectivity index (χ2v) is 10.0. The zero-order chi connectivity index (χ0) is 23.9. The highest BCUT2D eigenvalue weighted by Crippen LogP contribution is 2.23. The number of hydrogen-bond acceptors (Lipinski definition) is 5. The molecule has 32 heavy (non-hydrogen) atoms. The van der Waals surface area contributed by atoms with Gasteiger partial charge in [0.25, 0.3) is 0 Å². The molecule has 0 saturated heterocycles. The topological polar surface area (TPSA) is 96.0 Å². The van der Waals surface area contributed by atoms with Crippen LogP contribution in [0.4, 0.5) is 5.69 Å². The van der Waals surface area contributed by atoms with Crippen molar-refractivity contribution in [1.29, 1.82) is 0 Å². The number of amides is 2. The summed E-state index contributed by atoms with van der Waals surface area (Å²) >= 11 is 3.33. The maximum Gasteiger partial charge on any atom is 0.244 e. The van der Waals surface area contributed by atoms with Crippen LogP contribution in [0.5, 0.6) is 5.75 Å². The Labute approximate surface area is 197 Å². The highest BCUT2D eigenvalue weighted by Gasteiger charge is 2.30. The van der Waals surface area contributed by atoms with E-state index in [1.807, 2.05) is 6.07 Å². The van der Waals surface area contributed by atoms with Gasteiger partial charge in [-0.05, 0) is 49.7 Å². The molecule has 0 bridgehead atoms. The summed E-state index contributed by atoms with van der Waals surface area (Å²) in [6, 6.07) is 13.0. The van der Waals surface area contributed by atoms with E-state index >= 15 is 0 Å². The molecule has 0 heterocycles. The van der Waals surface area contributed by atoms with Crippen LogP contribution in [0.15, 0.2) is 53.0 Å². The third-order valence-electron chi connectivity index (χ3n) is 4.78. The van der Waals surface area contributed by atoms with E-state index < -0.39 is 28.5 Å². The fourth-order valence-electron chi connectivity index (χ4n) is 3.12. The van der Waals surface area contributed by atoms with E-state index in [2.05, 4.69) is 21.2 Å². The molecule has 0 aliphatic rings. The molecule has 2 amide bonds. The van der Waals surface area contributed by atoms with Gasteiger partial charge in [0, 0.05) is 17.6 Å². The van der Waals surface area contributed by atoms with Gasteiger partial charge in [-0.25, -0.2) is 8.42 Å². The third-order valence-corrected chi connectivity index (χ3v) is 6.41. The van der Waals surface area contributed by atoms with Crippen molar-refractivity contribution in [2.24, 2.45) is 0 Å². The second-order valence-electron chi connectivity index (χ2n) is 7.19. The standard InChI is InChI=1S/C22H28BrN3O5S/c1-5-24-22(28)16(2)25(14-17-8-6-11-20(12-17)31-3)21(27)15-26(32(4,29)30)19-10-7-9-18(23)13-19/h6-13,16H,5,14-15H2,1-4H3,(H,24,28). The number of rotatable bonds is 10. The van der Waals surface area contributed by atoms with E-state index in [4.69, 9.17) is 4.74 Å². The van der Waals surface area contributed by atoms with Crippen LogP contribution >= 0.6 is 15.9 Å². The van der Waals surface area contributed by atoms with E-state index in [0.29, 0.717) is 22.5 Å². The Kier molecular flexibility index (Phi) is 9.09. The summed E-state index contributed by atoms with van der Waals surface area (Å²) in [6.45, 7) is 3.50. The summed E-state index contributed by atoms with van der Waals surface area (Å²) in [4.78, 5) is 27.3. The van der Waals surface area contributed by atoms with Gasteiger partial charge in [0.05, 0.1) is 19.1 Å². The first-order chi connectivity index (χ1) is 15.1. The number of ether oxygens (including phenoxy) is 1. The number of sulfonamides is 1. The number of benzene rings is 2. The summed E-state index contributed by atoms with van der Waals surface area (Å²) in [5, 5.41) is 2.72. The Morgan fingerprint density at radius 2 is 1.84 bits per heavy atom. The van der Waals surface area contributed by atoms with Crippen LogP contribution in [0.2, 0.25) is 0 Å².